The Morgan fingerprint density at radius 3 is 1.79 bits per heavy atom. The molecule has 0 fully saturated rings. The highest BCUT2D eigenvalue weighted by atomic mass is 28.4. The Bertz CT molecular complexity index is 280. The maximum Gasteiger partial charge on any atom is 0.193 e. The van der Waals surface area contributed by atoms with Crippen LogP contribution in [-0.2, 0) is 4.43 Å². The number of allylic oxidation sites excluding steroid dienone is 1. The lowest BCUT2D eigenvalue weighted by atomic mass is 10.1. The Labute approximate surface area is 154 Å². The van der Waals surface area contributed by atoms with Gasteiger partial charge in [0.05, 0.1) is 0 Å². The highest BCUT2D eigenvalue weighted by molar-refractivity contribution is 6.73. The van der Waals surface area contributed by atoms with Crippen molar-refractivity contribution >= 4 is 8.32 Å². The van der Waals surface area contributed by atoms with Gasteiger partial charge in [0.2, 0.25) is 0 Å². The first-order valence-electron chi connectivity index (χ1n) is 10.9. The van der Waals surface area contributed by atoms with E-state index < -0.39 is 8.32 Å². The van der Waals surface area contributed by atoms with Gasteiger partial charge in [-0.05, 0) is 43.8 Å². The highest BCUT2D eigenvalue weighted by Crippen LogP contribution is 2.31. The average molecular weight is 355 g/mol. The first-order chi connectivity index (χ1) is 11.6. The molecule has 0 unspecified atom stereocenters. The van der Waals surface area contributed by atoms with Crippen LogP contribution >= 0.6 is 0 Å². The molecule has 0 aliphatic heterocycles. The zero-order chi connectivity index (χ0) is 18.1. The lowest BCUT2D eigenvalue weighted by molar-refractivity contribution is 0.287. The first-order valence-corrected chi connectivity index (χ1v) is 13.5. The van der Waals surface area contributed by atoms with Crippen molar-refractivity contribution in [1.29, 1.82) is 0 Å². The van der Waals surface area contributed by atoms with Crippen LogP contribution in [0, 0.1) is 0 Å². The predicted molar refractivity (Wildman–Crippen MR) is 113 cm³/mol. The molecule has 0 spiro atoms. The van der Waals surface area contributed by atoms with E-state index in [0.29, 0.717) is 0 Å². The van der Waals surface area contributed by atoms with Crippen LogP contribution < -0.4 is 0 Å². The van der Waals surface area contributed by atoms with Crippen molar-refractivity contribution in [2.45, 2.75) is 123 Å². The number of rotatable bonds is 18. The van der Waals surface area contributed by atoms with Crippen LogP contribution in [0.15, 0.2) is 12.2 Å². The van der Waals surface area contributed by atoms with Gasteiger partial charge in [-0.15, -0.1) is 0 Å². The Morgan fingerprint density at radius 1 is 0.667 bits per heavy atom. The molecule has 0 aromatic carbocycles. The van der Waals surface area contributed by atoms with Crippen LogP contribution in [0.4, 0.5) is 0 Å². The summed E-state index contributed by atoms with van der Waals surface area (Å²) in [6, 6.07) is 4.07. The predicted octanol–water partition coefficient (Wildman–Crippen LogP) is 8.27. The van der Waals surface area contributed by atoms with Crippen molar-refractivity contribution in [3.8, 4) is 0 Å². The van der Waals surface area contributed by atoms with Gasteiger partial charge in [0.15, 0.2) is 8.32 Å². The first kappa shape index (κ1) is 23.9. The minimum atomic E-state index is -1.55. The zero-order valence-corrected chi connectivity index (χ0v) is 18.4. The molecule has 0 atom stereocenters. The smallest absolute Gasteiger partial charge is 0.193 e. The molecule has 0 rings (SSSR count). The van der Waals surface area contributed by atoms with Gasteiger partial charge in [-0.2, -0.15) is 0 Å². The summed E-state index contributed by atoms with van der Waals surface area (Å²) in [7, 11) is -1.55. The molecule has 0 N–H and O–H groups in total. The molecule has 0 aromatic rings. The van der Waals surface area contributed by atoms with Gasteiger partial charge < -0.3 is 4.43 Å². The molecular weight excluding hydrogens is 308 g/mol. The van der Waals surface area contributed by atoms with Crippen molar-refractivity contribution in [1.82, 2.24) is 0 Å². The van der Waals surface area contributed by atoms with E-state index >= 15 is 0 Å². The van der Waals surface area contributed by atoms with Gasteiger partial charge in [-0.3, -0.25) is 0 Å². The topological polar surface area (TPSA) is 9.23 Å². The molecule has 0 saturated carbocycles. The molecule has 0 saturated heterocycles. The van der Waals surface area contributed by atoms with E-state index in [1.165, 1.54) is 101 Å². The molecule has 0 radical (unpaired) electrons. The summed E-state index contributed by atoms with van der Waals surface area (Å²) in [5.41, 5.74) is 1.48. The summed E-state index contributed by atoms with van der Waals surface area (Å²) in [6.45, 7) is 14.6. The van der Waals surface area contributed by atoms with E-state index in [-0.39, 0.29) is 0 Å². The van der Waals surface area contributed by atoms with Gasteiger partial charge in [0.1, 0.15) is 0 Å². The van der Waals surface area contributed by atoms with Crippen molar-refractivity contribution in [3.63, 3.8) is 0 Å². The van der Waals surface area contributed by atoms with Crippen LogP contribution in [0.5, 0.6) is 0 Å². The SMILES string of the molecule is C=C(CCCCCC)CC[Si](CCCC)(CCCC)OCCCC. The molecule has 0 heterocycles. The van der Waals surface area contributed by atoms with Gasteiger partial charge >= 0.3 is 0 Å². The molecule has 0 aromatic heterocycles. The van der Waals surface area contributed by atoms with E-state index in [9.17, 15) is 0 Å². The lowest BCUT2D eigenvalue weighted by Gasteiger charge is -2.32. The fraction of sp³-hybridized carbons (Fsp3) is 0.909. The Balaban J connectivity index is 4.52. The Morgan fingerprint density at radius 2 is 1.25 bits per heavy atom. The fourth-order valence-electron chi connectivity index (χ4n) is 3.35. The van der Waals surface area contributed by atoms with E-state index in [1.54, 1.807) is 0 Å². The van der Waals surface area contributed by atoms with Gasteiger partial charge in [-0.1, -0.05) is 91.2 Å². The summed E-state index contributed by atoms with van der Waals surface area (Å²) in [5.74, 6) is 0. The third kappa shape index (κ3) is 12.3. The minimum Gasteiger partial charge on any atom is -0.417 e. The number of hydrogen-bond acceptors (Lipinski definition) is 1. The van der Waals surface area contributed by atoms with E-state index in [1.807, 2.05) is 0 Å². The van der Waals surface area contributed by atoms with Gasteiger partial charge in [0, 0.05) is 6.61 Å². The van der Waals surface area contributed by atoms with Gasteiger partial charge in [-0.25, -0.2) is 0 Å². The Kier molecular flexibility index (Phi) is 16.3. The Hall–Kier alpha value is -0.0831. The van der Waals surface area contributed by atoms with Crippen molar-refractivity contribution < 1.29 is 4.43 Å². The molecular formula is C22H46OSi. The second-order valence-corrected chi connectivity index (χ2v) is 11.8. The largest absolute Gasteiger partial charge is 0.417 e. The maximum absolute atomic E-state index is 6.67. The molecule has 0 bridgehead atoms. The molecule has 144 valence electrons. The summed E-state index contributed by atoms with van der Waals surface area (Å²) < 4.78 is 6.67. The van der Waals surface area contributed by atoms with Crippen LogP contribution in [0.25, 0.3) is 0 Å². The van der Waals surface area contributed by atoms with Crippen molar-refractivity contribution in [2.24, 2.45) is 0 Å². The van der Waals surface area contributed by atoms with Crippen molar-refractivity contribution in [2.75, 3.05) is 6.61 Å². The summed E-state index contributed by atoms with van der Waals surface area (Å²) in [5, 5.41) is 0. The standard InChI is InChI=1S/C22H46OSi/c1-6-10-14-15-16-22(5)17-21-24(19-12-8-3,20-13-9-4)23-18-11-7-2/h5-21H2,1-4H3. The molecule has 0 aliphatic carbocycles. The van der Waals surface area contributed by atoms with Crippen LogP contribution in [0.3, 0.4) is 0 Å². The normalized spacial score (nSPS) is 11.8. The van der Waals surface area contributed by atoms with E-state index in [4.69, 9.17) is 4.43 Å². The third-order valence-corrected chi connectivity index (χ3v) is 9.70. The molecule has 1 nitrogen and oxygen atoms in total. The molecule has 0 aliphatic rings. The summed E-state index contributed by atoms with van der Waals surface area (Å²) in [4.78, 5) is 0. The number of hydrogen-bond donors (Lipinski definition) is 0. The summed E-state index contributed by atoms with van der Waals surface area (Å²) >= 11 is 0. The van der Waals surface area contributed by atoms with Crippen LogP contribution in [-0.4, -0.2) is 14.9 Å². The molecule has 0 amide bonds. The average Bonchev–Trinajstić information content (AvgIpc) is 2.60. The summed E-state index contributed by atoms with van der Waals surface area (Å²) in [6.07, 6.45) is 15.6. The maximum atomic E-state index is 6.67. The fourth-order valence-corrected chi connectivity index (χ4v) is 7.92. The quantitative estimate of drug-likeness (QED) is 0.137. The number of unbranched alkanes of at least 4 members (excludes halogenated alkanes) is 6. The second-order valence-electron chi connectivity index (χ2n) is 7.65. The monoisotopic (exact) mass is 354 g/mol. The highest BCUT2D eigenvalue weighted by Gasteiger charge is 2.33. The third-order valence-electron chi connectivity index (χ3n) is 5.20. The second kappa shape index (κ2) is 16.4. The minimum absolute atomic E-state index is 0.999. The lowest BCUT2D eigenvalue weighted by Crippen LogP contribution is -2.38. The van der Waals surface area contributed by atoms with Gasteiger partial charge in [0.25, 0.3) is 0 Å². The zero-order valence-electron chi connectivity index (χ0n) is 17.4. The molecule has 2 heteroatoms. The van der Waals surface area contributed by atoms with E-state index in [2.05, 4.69) is 34.3 Å². The van der Waals surface area contributed by atoms with Crippen LogP contribution in [0.1, 0.15) is 105 Å². The molecule has 24 heavy (non-hydrogen) atoms. The van der Waals surface area contributed by atoms with Crippen molar-refractivity contribution in [3.05, 3.63) is 12.2 Å². The van der Waals surface area contributed by atoms with Crippen LogP contribution in [0.2, 0.25) is 18.1 Å². The van der Waals surface area contributed by atoms with E-state index in [0.717, 1.165) is 6.61 Å².